The third-order valence-corrected chi connectivity index (χ3v) is 6.76. The molecule has 2 rings (SSSR count). The Bertz CT molecular complexity index is 732. The molecule has 9 heteroatoms. The molecular weight excluding hydrogens is 456 g/mol. The van der Waals surface area contributed by atoms with E-state index in [1.165, 1.54) is 6.08 Å². The van der Waals surface area contributed by atoms with E-state index in [-0.39, 0.29) is 30.5 Å². The fourth-order valence-electron chi connectivity index (χ4n) is 4.31. The van der Waals surface area contributed by atoms with Gasteiger partial charge in [-0.2, -0.15) is 0 Å². The normalized spacial score (nSPS) is 30.7. The highest BCUT2D eigenvalue weighted by molar-refractivity contribution is 5.82. The van der Waals surface area contributed by atoms with Crippen LogP contribution >= 0.6 is 0 Å². The smallest absolute Gasteiger partial charge is 0.330 e. The third-order valence-electron chi connectivity index (χ3n) is 6.76. The number of rotatable bonds is 15. The first-order valence-corrected chi connectivity index (χ1v) is 12.6. The molecule has 2 fully saturated rings. The largest absolute Gasteiger partial charge is 0.481 e. The quantitative estimate of drug-likeness (QED) is 0.0878. The van der Waals surface area contributed by atoms with E-state index in [1.54, 1.807) is 13.8 Å². The van der Waals surface area contributed by atoms with Gasteiger partial charge in [-0.1, -0.05) is 24.6 Å². The zero-order valence-electron chi connectivity index (χ0n) is 21.0. The predicted octanol–water partition coefficient (Wildman–Crippen LogP) is 2.37. The first-order valence-electron chi connectivity index (χ1n) is 12.6. The maximum absolute atomic E-state index is 12.0. The molecule has 0 aromatic carbocycles. The van der Waals surface area contributed by atoms with E-state index < -0.39 is 36.4 Å². The van der Waals surface area contributed by atoms with Crippen molar-refractivity contribution in [3.05, 3.63) is 23.8 Å². The van der Waals surface area contributed by atoms with Crippen molar-refractivity contribution in [1.29, 1.82) is 0 Å². The van der Waals surface area contributed by atoms with E-state index in [2.05, 4.69) is 0 Å². The van der Waals surface area contributed by atoms with Gasteiger partial charge in [-0.3, -0.25) is 4.79 Å². The minimum Gasteiger partial charge on any atom is -0.481 e. The van der Waals surface area contributed by atoms with Gasteiger partial charge in [-0.05, 0) is 52.4 Å². The molecular formula is C26H42O9. The lowest BCUT2D eigenvalue weighted by molar-refractivity contribution is -0.165. The van der Waals surface area contributed by atoms with Crippen molar-refractivity contribution in [2.75, 3.05) is 13.2 Å². The Labute approximate surface area is 207 Å². The van der Waals surface area contributed by atoms with Crippen LogP contribution in [0.4, 0.5) is 0 Å². The molecule has 4 N–H and O–H groups in total. The zero-order chi connectivity index (χ0) is 26.0. The minimum atomic E-state index is -1.07. The predicted molar refractivity (Wildman–Crippen MR) is 129 cm³/mol. The van der Waals surface area contributed by atoms with Gasteiger partial charge in [0.1, 0.15) is 6.10 Å². The first-order chi connectivity index (χ1) is 16.6. The summed E-state index contributed by atoms with van der Waals surface area (Å²) in [4.78, 5) is 22.5. The summed E-state index contributed by atoms with van der Waals surface area (Å²) in [7, 11) is 0. The van der Waals surface area contributed by atoms with Crippen molar-refractivity contribution in [3.63, 3.8) is 0 Å². The fraction of sp³-hybridized carbons (Fsp3) is 0.769. The monoisotopic (exact) mass is 498 g/mol. The second-order valence-corrected chi connectivity index (χ2v) is 9.85. The van der Waals surface area contributed by atoms with Gasteiger partial charge in [-0.15, -0.1) is 0 Å². The van der Waals surface area contributed by atoms with Gasteiger partial charge in [0.05, 0.1) is 43.7 Å². The average molecular weight is 499 g/mol. The van der Waals surface area contributed by atoms with Crippen LogP contribution in [0.3, 0.4) is 0 Å². The number of ether oxygens (including phenoxy) is 3. The molecule has 2 aliphatic rings. The topological polar surface area (TPSA) is 146 Å². The van der Waals surface area contributed by atoms with Crippen LogP contribution in [-0.4, -0.2) is 82.2 Å². The molecule has 0 aromatic heterocycles. The summed E-state index contributed by atoms with van der Waals surface area (Å²) in [5.41, 5.74) is 0.697. The zero-order valence-corrected chi connectivity index (χ0v) is 21.0. The van der Waals surface area contributed by atoms with Crippen LogP contribution < -0.4 is 0 Å². The van der Waals surface area contributed by atoms with E-state index >= 15 is 0 Å². The molecule has 9 nitrogen and oxygen atoms in total. The summed E-state index contributed by atoms with van der Waals surface area (Å²) in [6, 6.07) is 0. The Kier molecular flexibility index (Phi) is 12.4. The highest BCUT2D eigenvalue weighted by Gasteiger charge is 2.48. The van der Waals surface area contributed by atoms with Gasteiger partial charge in [0, 0.05) is 24.3 Å². The molecule has 0 bridgehead atoms. The Balaban J connectivity index is 1.64. The summed E-state index contributed by atoms with van der Waals surface area (Å²) in [5, 5.41) is 39.4. The molecule has 200 valence electrons. The molecule has 0 aromatic rings. The molecule has 2 aliphatic heterocycles. The molecule has 8 atom stereocenters. The number of carbonyl (C=O) groups excluding carboxylic acids is 1. The van der Waals surface area contributed by atoms with E-state index in [0.717, 1.165) is 12.8 Å². The molecule has 2 heterocycles. The number of hydrogen-bond acceptors (Lipinski definition) is 8. The van der Waals surface area contributed by atoms with Crippen LogP contribution in [0.1, 0.15) is 65.7 Å². The van der Waals surface area contributed by atoms with Gasteiger partial charge in [0.15, 0.2) is 0 Å². The summed E-state index contributed by atoms with van der Waals surface area (Å²) < 4.78 is 16.7. The summed E-state index contributed by atoms with van der Waals surface area (Å²) in [6.45, 7) is 6.01. The number of aliphatic hydroxyl groups is 3. The van der Waals surface area contributed by atoms with Crippen LogP contribution in [0.5, 0.6) is 0 Å². The minimum absolute atomic E-state index is 0.0131. The second kappa shape index (κ2) is 14.7. The maximum atomic E-state index is 12.0. The van der Waals surface area contributed by atoms with Crippen molar-refractivity contribution in [1.82, 2.24) is 0 Å². The number of aliphatic carboxylic acids is 1. The second-order valence-electron chi connectivity index (χ2n) is 9.85. The number of carboxylic acids is 1. The molecule has 0 spiro atoms. The van der Waals surface area contributed by atoms with Crippen molar-refractivity contribution >= 4 is 11.9 Å². The lowest BCUT2D eigenvalue weighted by atomic mass is 9.85. The van der Waals surface area contributed by atoms with Crippen LogP contribution in [0.15, 0.2) is 23.8 Å². The van der Waals surface area contributed by atoms with E-state index in [0.29, 0.717) is 44.5 Å². The van der Waals surface area contributed by atoms with Crippen LogP contribution in [-0.2, 0) is 23.8 Å². The molecule has 35 heavy (non-hydrogen) atoms. The number of allylic oxidation sites excluding steroid dienone is 2. The summed E-state index contributed by atoms with van der Waals surface area (Å²) in [6.07, 6.45) is 5.88. The van der Waals surface area contributed by atoms with Gasteiger partial charge in [0.25, 0.3) is 0 Å². The Morgan fingerprint density at radius 2 is 1.80 bits per heavy atom. The van der Waals surface area contributed by atoms with Gasteiger partial charge in [-0.25, -0.2) is 4.79 Å². The summed E-state index contributed by atoms with van der Waals surface area (Å²) in [5.74, 6) is -1.50. The maximum Gasteiger partial charge on any atom is 0.330 e. The standard InChI is InChI=1S/C26H42O9/c1-16(13-23(30)33-11-9-7-5-4-6-8-10-22(28)29)12-20-25(32)24(31)19(15-34-20)14-21-26(35-21)17(2)18(3)27/h4,6,13,17-21,24-27,31-32H,5,7-12,14-15H2,1-3H3,(H,28,29)/b6-4+,16-13+/t17-,18-,19-,20-,21?,24+,25-,26?/m0/s1. The van der Waals surface area contributed by atoms with Crippen molar-refractivity contribution in [3.8, 4) is 0 Å². The van der Waals surface area contributed by atoms with Crippen LogP contribution in [0, 0.1) is 11.8 Å². The lowest BCUT2D eigenvalue weighted by Crippen LogP contribution is -2.50. The van der Waals surface area contributed by atoms with Crippen molar-refractivity contribution < 1.29 is 44.2 Å². The molecule has 0 aliphatic carbocycles. The Morgan fingerprint density at radius 1 is 1.09 bits per heavy atom. The third kappa shape index (κ3) is 10.4. The van der Waals surface area contributed by atoms with Gasteiger partial charge < -0.3 is 34.6 Å². The number of hydrogen-bond donors (Lipinski definition) is 4. The first kappa shape index (κ1) is 29.5. The molecule has 2 saturated heterocycles. The number of esters is 1. The Hall–Kier alpha value is -1.78. The highest BCUT2D eigenvalue weighted by Crippen LogP contribution is 2.38. The van der Waals surface area contributed by atoms with E-state index in [4.69, 9.17) is 19.3 Å². The molecule has 0 amide bonds. The van der Waals surface area contributed by atoms with Crippen molar-refractivity contribution in [2.24, 2.45) is 11.8 Å². The summed E-state index contributed by atoms with van der Waals surface area (Å²) >= 11 is 0. The number of carboxylic acid groups (broad SMARTS) is 1. The SMILES string of the molecule is C/C(=C\C(=O)OCCCC/C=C/CCC(=O)O)C[C@@H]1OC[C@H](CC2OC2[C@@H](C)[C@H](C)O)[C@@H](O)[C@H]1O. The lowest BCUT2D eigenvalue weighted by Gasteiger charge is -2.38. The van der Waals surface area contributed by atoms with E-state index in [1.807, 2.05) is 19.1 Å². The molecule has 0 radical (unpaired) electrons. The van der Waals surface area contributed by atoms with Gasteiger partial charge in [0.2, 0.25) is 0 Å². The van der Waals surface area contributed by atoms with Crippen LogP contribution in [0.2, 0.25) is 0 Å². The average Bonchev–Trinajstić information content (AvgIpc) is 3.55. The van der Waals surface area contributed by atoms with Crippen molar-refractivity contribution in [2.45, 2.75) is 102 Å². The molecule has 0 saturated carbocycles. The van der Waals surface area contributed by atoms with E-state index in [9.17, 15) is 24.9 Å². The molecule has 2 unspecified atom stereocenters. The highest BCUT2D eigenvalue weighted by atomic mass is 16.6. The van der Waals surface area contributed by atoms with Crippen LogP contribution in [0.25, 0.3) is 0 Å². The fourth-order valence-corrected chi connectivity index (χ4v) is 4.31. The van der Waals surface area contributed by atoms with Gasteiger partial charge >= 0.3 is 11.9 Å². The number of aliphatic hydroxyl groups excluding tert-OH is 3. The number of unbranched alkanes of at least 4 members (excludes halogenated alkanes) is 2. The number of carbonyl (C=O) groups is 2. The number of epoxide rings is 1. The Morgan fingerprint density at radius 3 is 2.49 bits per heavy atom.